The van der Waals surface area contributed by atoms with Crippen LogP contribution in [0.4, 0.5) is 4.79 Å². The number of hydrogen-bond acceptors (Lipinski definition) is 5. The quantitative estimate of drug-likeness (QED) is 0.345. The number of methoxy groups -OCH3 is 1. The van der Waals surface area contributed by atoms with Crippen molar-refractivity contribution in [1.29, 1.82) is 0 Å². The Hall–Kier alpha value is -0.380. The Morgan fingerprint density at radius 2 is 2.13 bits per heavy atom. The Kier molecular flexibility index (Phi) is 9.41. The fourth-order valence-corrected chi connectivity index (χ4v) is 2.52. The Bertz CT molecular complexity index is 383. The number of hydrogen-bond donors (Lipinski definition) is 0. The molecule has 2 atom stereocenters. The molecular formula is C16H28INO5. The van der Waals surface area contributed by atoms with E-state index in [4.69, 9.17) is 18.9 Å². The third kappa shape index (κ3) is 8.32. The molecule has 23 heavy (non-hydrogen) atoms. The van der Waals surface area contributed by atoms with E-state index in [-0.39, 0.29) is 24.9 Å². The van der Waals surface area contributed by atoms with E-state index in [1.165, 1.54) is 0 Å². The molecule has 0 radical (unpaired) electrons. The lowest BCUT2D eigenvalue weighted by Gasteiger charge is -2.38. The zero-order valence-corrected chi connectivity index (χ0v) is 16.6. The van der Waals surface area contributed by atoms with Gasteiger partial charge >= 0.3 is 6.09 Å². The summed E-state index contributed by atoms with van der Waals surface area (Å²) in [6.07, 6.45) is 2.37. The van der Waals surface area contributed by atoms with E-state index in [1.54, 1.807) is 12.0 Å². The topological polar surface area (TPSA) is 57.2 Å². The standard InChI is InChI=1S/C16H28INO5/c1-16(2,3)23-15(19)18-8-6-13(11-21-9-5-7-17)14(10-18)22-12-20-4/h5,7,13-14H,6,8-12H2,1-4H3/b7-5+. The highest BCUT2D eigenvalue weighted by Gasteiger charge is 2.34. The van der Waals surface area contributed by atoms with Crippen LogP contribution in [0, 0.1) is 5.92 Å². The highest BCUT2D eigenvalue weighted by Crippen LogP contribution is 2.23. The van der Waals surface area contributed by atoms with Crippen LogP contribution in [-0.4, -0.2) is 62.9 Å². The summed E-state index contributed by atoms with van der Waals surface area (Å²) in [5.41, 5.74) is -0.494. The van der Waals surface area contributed by atoms with E-state index >= 15 is 0 Å². The van der Waals surface area contributed by atoms with Crippen molar-refractivity contribution in [1.82, 2.24) is 4.90 Å². The third-order valence-electron chi connectivity index (χ3n) is 3.38. The first kappa shape index (κ1) is 20.7. The van der Waals surface area contributed by atoms with Gasteiger partial charge in [0, 0.05) is 19.6 Å². The van der Waals surface area contributed by atoms with Gasteiger partial charge in [-0.1, -0.05) is 28.7 Å². The van der Waals surface area contributed by atoms with Gasteiger partial charge in [-0.2, -0.15) is 0 Å². The van der Waals surface area contributed by atoms with E-state index in [9.17, 15) is 4.79 Å². The highest BCUT2D eigenvalue weighted by atomic mass is 127. The first-order valence-electron chi connectivity index (χ1n) is 7.78. The molecule has 0 N–H and O–H groups in total. The second-order valence-electron chi connectivity index (χ2n) is 6.49. The Balaban J connectivity index is 2.56. The lowest BCUT2D eigenvalue weighted by Crippen LogP contribution is -2.50. The summed E-state index contributed by atoms with van der Waals surface area (Å²) >= 11 is 2.16. The molecule has 1 rings (SSSR count). The normalized spacial score (nSPS) is 22.6. The Morgan fingerprint density at radius 3 is 2.74 bits per heavy atom. The maximum absolute atomic E-state index is 12.2. The molecule has 0 aromatic heterocycles. The molecule has 0 bridgehead atoms. The van der Waals surface area contributed by atoms with Crippen molar-refractivity contribution in [2.24, 2.45) is 5.92 Å². The second kappa shape index (κ2) is 10.5. The average Bonchev–Trinajstić information content (AvgIpc) is 2.48. The molecule has 1 fully saturated rings. The fourth-order valence-electron chi connectivity index (χ4n) is 2.32. The molecule has 6 nitrogen and oxygen atoms in total. The monoisotopic (exact) mass is 441 g/mol. The molecule has 7 heteroatoms. The van der Waals surface area contributed by atoms with Crippen molar-refractivity contribution in [2.45, 2.75) is 38.9 Å². The van der Waals surface area contributed by atoms with Crippen molar-refractivity contribution in [2.75, 3.05) is 40.2 Å². The van der Waals surface area contributed by atoms with Gasteiger partial charge in [0.15, 0.2) is 0 Å². The number of nitrogens with zero attached hydrogens (tertiary/aromatic N) is 1. The minimum absolute atomic E-state index is 0.111. The number of piperidine rings is 1. The average molecular weight is 441 g/mol. The van der Waals surface area contributed by atoms with Crippen molar-refractivity contribution in [3.8, 4) is 0 Å². The largest absolute Gasteiger partial charge is 0.444 e. The van der Waals surface area contributed by atoms with Crippen LogP contribution in [0.1, 0.15) is 27.2 Å². The smallest absolute Gasteiger partial charge is 0.410 e. The van der Waals surface area contributed by atoms with E-state index in [2.05, 4.69) is 22.6 Å². The van der Waals surface area contributed by atoms with Crippen molar-refractivity contribution < 1.29 is 23.7 Å². The lowest BCUT2D eigenvalue weighted by atomic mass is 9.94. The number of ether oxygens (including phenoxy) is 4. The zero-order chi connectivity index (χ0) is 17.3. The van der Waals surface area contributed by atoms with Crippen LogP contribution in [0.3, 0.4) is 0 Å². The van der Waals surface area contributed by atoms with E-state index in [1.807, 2.05) is 30.9 Å². The first-order chi connectivity index (χ1) is 10.9. The van der Waals surface area contributed by atoms with Gasteiger partial charge in [0.1, 0.15) is 12.4 Å². The number of carbonyl (C=O) groups is 1. The van der Waals surface area contributed by atoms with Gasteiger partial charge in [-0.15, -0.1) is 0 Å². The molecule has 1 saturated heterocycles. The predicted molar refractivity (Wildman–Crippen MR) is 96.6 cm³/mol. The predicted octanol–water partition coefficient (Wildman–Crippen LogP) is 3.20. The summed E-state index contributed by atoms with van der Waals surface area (Å²) < 4.78 is 23.8. The van der Waals surface area contributed by atoms with Gasteiger partial charge in [0.25, 0.3) is 0 Å². The number of likely N-dealkylation sites (tertiary alicyclic amines) is 1. The zero-order valence-electron chi connectivity index (χ0n) is 14.4. The molecule has 0 spiro atoms. The van der Waals surface area contributed by atoms with E-state index in [0.717, 1.165) is 6.42 Å². The summed E-state index contributed by atoms with van der Waals surface area (Å²) in [5, 5.41) is 0. The van der Waals surface area contributed by atoms with Gasteiger partial charge < -0.3 is 23.8 Å². The maximum Gasteiger partial charge on any atom is 0.410 e. The number of rotatable bonds is 7. The van der Waals surface area contributed by atoms with Crippen LogP contribution in [-0.2, 0) is 18.9 Å². The summed E-state index contributed by atoms with van der Waals surface area (Å²) in [6, 6.07) is 0. The summed E-state index contributed by atoms with van der Waals surface area (Å²) in [7, 11) is 1.59. The highest BCUT2D eigenvalue weighted by molar-refractivity contribution is 14.1. The third-order valence-corrected chi connectivity index (χ3v) is 3.89. The first-order valence-corrected chi connectivity index (χ1v) is 9.03. The van der Waals surface area contributed by atoms with E-state index in [0.29, 0.717) is 26.3 Å². The van der Waals surface area contributed by atoms with Crippen LogP contribution in [0.15, 0.2) is 10.2 Å². The van der Waals surface area contributed by atoms with Gasteiger partial charge in [0.05, 0.1) is 25.9 Å². The summed E-state index contributed by atoms with van der Waals surface area (Å²) in [6.45, 7) is 8.15. The molecule has 0 aliphatic carbocycles. The Morgan fingerprint density at radius 1 is 1.39 bits per heavy atom. The molecule has 0 saturated carbocycles. The Labute approximate surface area is 152 Å². The maximum atomic E-state index is 12.2. The molecule has 1 aliphatic heterocycles. The lowest BCUT2D eigenvalue weighted by molar-refractivity contribution is -0.123. The molecule has 0 aromatic carbocycles. The van der Waals surface area contributed by atoms with Crippen molar-refractivity contribution in [3.63, 3.8) is 0 Å². The van der Waals surface area contributed by atoms with Crippen LogP contribution in [0.25, 0.3) is 0 Å². The van der Waals surface area contributed by atoms with Crippen LogP contribution in [0.5, 0.6) is 0 Å². The van der Waals surface area contributed by atoms with Gasteiger partial charge in [-0.05, 0) is 31.3 Å². The molecule has 1 amide bonds. The number of carbonyl (C=O) groups excluding carboxylic acids is 1. The van der Waals surface area contributed by atoms with Crippen LogP contribution < -0.4 is 0 Å². The molecular weight excluding hydrogens is 413 g/mol. The fraction of sp³-hybridized carbons (Fsp3) is 0.812. The van der Waals surface area contributed by atoms with Crippen LogP contribution in [0.2, 0.25) is 0 Å². The molecule has 1 heterocycles. The minimum Gasteiger partial charge on any atom is -0.444 e. The molecule has 134 valence electrons. The van der Waals surface area contributed by atoms with Crippen LogP contribution >= 0.6 is 22.6 Å². The van der Waals surface area contributed by atoms with Gasteiger partial charge in [-0.3, -0.25) is 0 Å². The van der Waals surface area contributed by atoms with Gasteiger partial charge in [-0.25, -0.2) is 4.79 Å². The summed E-state index contributed by atoms with van der Waals surface area (Å²) in [4.78, 5) is 13.9. The van der Waals surface area contributed by atoms with Crippen molar-refractivity contribution >= 4 is 28.7 Å². The second-order valence-corrected chi connectivity index (χ2v) is 7.21. The van der Waals surface area contributed by atoms with Gasteiger partial charge in [0.2, 0.25) is 0 Å². The van der Waals surface area contributed by atoms with Crippen molar-refractivity contribution in [3.05, 3.63) is 10.2 Å². The molecule has 1 aliphatic rings. The minimum atomic E-state index is -0.494. The molecule has 2 unspecified atom stereocenters. The number of halogens is 1. The SMILES string of the molecule is COCOC1CN(C(=O)OC(C)(C)C)CCC1COC/C=C/I. The number of amides is 1. The van der Waals surface area contributed by atoms with E-state index < -0.39 is 5.60 Å². The molecule has 0 aromatic rings. The summed E-state index contributed by atoms with van der Waals surface area (Å²) in [5.74, 6) is 0.242.